The van der Waals surface area contributed by atoms with E-state index in [0.29, 0.717) is 50.2 Å². The number of methoxy groups -OCH3 is 1. The number of aromatic nitrogens is 3. The van der Waals surface area contributed by atoms with Gasteiger partial charge in [0, 0.05) is 57.1 Å². The third kappa shape index (κ3) is 5.07. The Morgan fingerprint density at radius 3 is 2.50 bits per heavy atom. The first-order valence-corrected chi connectivity index (χ1v) is 12.0. The lowest BCUT2D eigenvalue weighted by Gasteiger charge is -2.36. The third-order valence-corrected chi connectivity index (χ3v) is 6.52. The Bertz CT molecular complexity index is 1230. The van der Waals surface area contributed by atoms with Crippen molar-refractivity contribution in [2.75, 3.05) is 55.0 Å². The van der Waals surface area contributed by atoms with Gasteiger partial charge in [-0.1, -0.05) is 6.07 Å². The highest BCUT2D eigenvalue weighted by atomic mass is 16.5. The Kier molecular flexibility index (Phi) is 6.66. The number of hydrogen-bond donors (Lipinski definition) is 1. The zero-order valence-corrected chi connectivity index (χ0v) is 20.4. The molecule has 10 heteroatoms. The molecule has 0 radical (unpaired) electrons. The number of hydrogen-bond acceptors (Lipinski definition) is 8. The van der Waals surface area contributed by atoms with Crippen LogP contribution in [0.2, 0.25) is 0 Å². The number of ether oxygens (including phenoxy) is 1. The number of benzene rings is 1. The van der Waals surface area contributed by atoms with E-state index in [4.69, 9.17) is 4.74 Å². The molecule has 5 rings (SSSR count). The Morgan fingerprint density at radius 1 is 1.03 bits per heavy atom. The van der Waals surface area contributed by atoms with Crippen LogP contribution < -0.4 is 19.9 Å². The van der Waals surface area contributed by atoms with Gasteiger partial charge in [-0.05, 0) is 43.3 Å². The average molecular weight is 488 g/mol. The first-order chi connectivity index (χ1) is 17.5. The van der Waals surface area contributed by atoms with Crippen LogP contribution in [0.5, 0.6) is 5.75 Å². The predicted octanol–water partition coefficient (Wildman–Crippen LogP) is 2.63. The largest absolute Gasteiger partial charge is 0.497 e. The molecule has 2 saturated heterocycles. The second-order valence-corrected chi connectivity index (χ2v) is 8.91. The molecular weight excluding hydrogens is 458 g/mol. The zero-order valence-electron chi connectivity index (χ0n) is 20.4. The van der Waals surface area contributed by atoms with Crippen molar-refractivity contribution in [2.24, 2.45) is 5.92 Å². The normalized spacial score (nSPS) is 17.9. The van der Waals surface area contributed by atoms with E-state index in [9.17, 15) is 9.59 Å². The molecule has 1 atom stereocenters. The molecule has 0 aliphatic carbocycles. The molecule has 2 aromatic heterocycles. The molecule has 2 aliphatic rings. The lowest BCUT2D eigenvalue weighted by atomic mass is 10.1. The van der Waals surface area contributed by atoms with Crippen LogP contribution in [0.4, 0.5) is 23.1 Å². The van der Waals surface area contributed by atoms with Gasteiger partial charge < -0.3 is 24.8 Å². The summed E-state index contributed by atoms with van der Waals surface area (Å²) in [5.74, 6) is 3.28. The Morgan fingerprint density at radius 2 is 1.81 bits per heavy atom. The molecule has 10 nitrogen and oxygen atoms in total. The minimum absolute atomic E-state index is 0.0263. The van der Waals surface area contributed by atoms with Crippen LogP contribution in [0.3, 0.4) is 0 Å². The van der Waals surface area contributed by atoms with Gasteiger partial charge in [0.25, 0.3) is 0 Å². The summed E-state index contributed by atoms with van der Waals surface area (Å²) in [6.07, 6.45) is 1.96. The van der Waals surface area contributed by atoms with Crippen molar-refractivity contribution >= 4 is 35.0 Å². The molecule has 1 aromatic carbocycles. The highest BCUT2D eigenvalue weighted by Gasteiger charge is 2.38. The maximum Gasteiger partial charge on any atom is 0.228 e. The van der Waals surface area contributed by atoms with E-state index >= 15 is 0 Å². The van der Waals surface area contributed by atoms with Gasteiger partial charge >= 0.3 is 0 Å². The number of nitrogens with one attached hydrogen (secondary N) is 1. The molecule has 4 heterocycles. The molecule has 1 unspecified atom stereocenters. The van der Waals surface area contributed by atoms with Gasteiger partial charge in [-0.25, -0.2) is 15.0 Å². The van der Waals surface area contributed by atoms with Gasteiger partial charge in [-0.3, -0.25) is 9.59 Å². The Labute approximate surface area is 209 Å². The van der Waals surface area contributed by atoms with E-state index in [2.05, 4.69) is 25.2 Å². The van der Waals surface area contributed by atoms with E-state index in [0.717, 1.165) is 17.3 Å². The first kappa shape index (κ1) is 23.5. The Balaban J connectivity index is 1.19. The summed E-state index contributed by atoms with van der Waals surface area (Å²) in [6.45, 7) is 4.74. The van der Waals surface area contributed by atoms with Crippen LogP contribution in [0.15, 0.2) is 54.7 Å². The number of anilines is 4. The van der Waals surface area contributed by atoms with Crippen molar-refractivity contribution in [3.8, 4) is 5.75 Å². The number of rotatable bonds is 6. The van der Waals surface area contributed by atoms with Gasteiger partial charge in [-0.2, -0.15) is 0 Å². The number of amides is 2. The summed E-state index contributed by atoms with van der Waals surface area (Å²) < 4.78 is 5.20. The lowest BCUT2D eigenvalue weighted by Crippen LogP contribution is -2.51. The highest BCUT2D eigenvalue weighted by Crippen LogP contribution is 2.28. The molecule has 0 saturated carbocycles. The molecule has 1 N–H and O–H groups in total. The van der Waals surface area contributed by atoms with Crippen LogP contribution in [0.25, 0.3) is 0 Å². The van der Waals surface area contributed by atoms with Crippen molar-refractivity contribution < 1.29 is 14.3 Å². The predicted molar refractivity (Wildman–Crippen MR) is 137 cm³/mol. The quantitative estimate of drug-likeness (QED) is 0.566. The molecule has 2 aliphatic heterocycles. The summed E-state index contributed by atoms with van der Waals surface area (Å²) in [6, 6.07) is 14.9. The van der Waals surface area contributed by atoms with Gasteiger partial charge in [0.1, 0.15) is 29.0 Å². The van der Waals surface area contributed by atoms with E-state index < -0.39 is 0 Å². The van der Waals surface area contributed by atoms with Gasteiger partial charge in [0.2, 0.25) is 11.8 Å². The molecule has 36 heavy (non-hydrogen) atoms. The van der Waals surface area contributed by atoms with Gasteiger partial charge in [-0.15, -0.1) is 0 Å². The van der Waals surface area contributed by atoms with Crippen LogP contribution in [-0.2, 0) is 9.59 Å². The van der Waals surface area contributed by atoms with E-state index in [-0.39, 0.29) is 24.2 Å². The van der Waals surface area contributed by atoms with Crippen LogP contribution in [0, 0.1) is 12.8 Å². The van der Waals surface area contributed by atoms with Crippen molar-refractivity contribution in [1.82, 2.24) is 19.9 Å². The lowest BCUT2D eigenvalue weighted by molar-refractivity contribution is -0.136. The van der Waals surface area contributed by atoms with Crippen LogP contribution in [0.1, 0.15) is 12.2 Å². The monoisotopic (exact) mass is 487 g/mol. The Hall–Kier alpha value is -4.21. The molecule has 3 aromatic rings. The SMILES string of the molecule is COc1ccc(N2CC(C(=O)N3CCN(c4cc(Nc5ccccn5)nc(C)n4)CC3)CC2=O)cc1. The average Bonchev–Trinajstić information content (AvgIpc) is 3.30. The van der Waals surface area contributed by atoms with Crippen molar-refractivity contribution in [3.63, 3.8) is 0 Å². The number of aryl methyl sites for hydroxylation is 1. The van der Waals surface area contributed by atoms with Crippen molar-refractivity contribution in [2.45, 2.75) is 13.3 Å². The molecule has 2 fully saturated rings. The smallest absolute Gasteiger partial charge is 0.228 e. The zero-order chi connectivity index (χ0) is 25.1. The standard InChI is InChI=1S/C26H29N7O3/c1-18-28-23(30-22-5-3-4-10-27-22)16-24(29-18)31-11-13-32(14-12-31)26(35)19-15-25(34)33(17-19)20-6-8-21(36-2)9-7-20/h3-10,16,19H,11-15,17H2,1-2H3,(H,27,28,29,30). The molecule has 0 spiro atoms. The van der Waals surface area contributed by atoms with Gasteiger partial charge in [0.05, 0.1) is 13.0 Å². The molecule has 0 bridgehead atoms. The fraction of sp³-hybridized carbons (Fsp3) is 0.346. The minimum atomic E-state index is -0.332. The fourth-order valence-corrected chi connectivity index (χ4v) is 4.64. The second kappa shape index (κ2) is 10.2. The minimum Gasteiger partial charge on any atom is -0.497 e. The topological polar surface area (TPSA) is 104 Å². The maximum atomic E-state index is 13.2. The number of carbonyl (C=O) groups excluding carboxylic acids is 2. The van der Waals surface area contributed by atoms with Crippen molar-refractivity contribution in [1.29, 1.82) is 0 Å². The van der Waals surface area contributed by atoms with E-state index in [1.165, 1.54) is 0 Å². The summed E-state index contributed by atoms with van der Waals surface area (Å²) in [5.41, 5.74) is 0.787. The number of piperazine rings is 1. The maximum absolute atomic E-state index is 13.2. The fourth-order valence-electron chi connectivity index (χ4n) is 4.64. The molecule has 2 amide bonds. The summed E-state index contributed by atoms with van der Waals surface area (Å²) in [7, 11) is 1.61. The summed E-state index contributed by atoms with van der Waals surface area (Å²) in [4.78, 5) is 45.0. The van der Waals surface area contributed by atoms with Crippen molar-refractivity contribution in [3.05, 3.63) is 60.6 Å². The number of pyridine rings is 1. The number of nitrogens with zero attached hydrogens (tertiary/aromatic N) is 6. The first-order valence-electron chi connectivity index (χ1n) is 12.0. The number of carbonyl (C=O) groups is 2. The summed E-state index contributed by atoms with van der Waals surface area (Å²) in [5, 5.41) is 3.22. The summed E-state index contributed by atoms with van der Waals surface area (Å²) >= 11 is 0. The van der Waals surface area contributed by atoms with E-state index in [1.54, 1.807) is 18.2 Å². The molecular formula is C26H29N7O3. The van der Waals surface area contributed by atoms with Crippen LogP contribution >= 0.6 is 0 Å². The van der Waals surface area contributed by atoms with E-state index in [1.807, 2.05) is 60.4 Å². The second-order valence-electron chi connectivity index (χ2n) is 8.91. The van der Waals surface area contributed by atoms with Crippen LogP contribution in [-0.4, -0.2) is 71.5 Å². The highest BCUT2D eigenvalue weighted by molar-refractivity contribution is 6.00. The third-order valence-electron chi connectivity index (χ3n) is 6.52. The van der Waals surface area contributed by atoms with Gasteiger partial charge in [0.15, 0.2) is 0 Å². The molecule has 186 valence electrons.